The monoisotopic (exact) mass is 431 g/mol. The standard InChI is InChI=1S/C24H25N5O3/c1-16-25-14-17-15-28(19-10-6-5-7-11-19)23(31)29(21(17)26-16)20-12-8-9-18(13-20)27-22(30)32-24(2,3)4/h5-14H,15H2,1-4H3,(H,27,30). The van der Waals surface area contributed by atoms with Gasteiger partial charge in [0.1, 0.15) is 17.2 Å². The first-order valence-corrected chi connectivity index (χ1v) is 10.3. The van der Waals surface area contributed by atoms with E-state index >= 15 is 0 Å². The van der Waals surface area contributed by atoms with E-state index in [4.69, 9.17) is 4.74 Å². The molecule has 0 atom stereocenters. The van der Waals surface area contributed by atoms with Gasteiger partial charge in [-0.3, -0.25) is 10.2 Å². The number of carbonyl (C=O) groups excluding carboxylic acids is 2. The zero-order chi connectivity index (χ0) is 22.9. The molecule has 1 N–H and O–H groups in total. The van der Waals surface area contributed by atoms with Gasteiger partial charge in [-0.1, -0.05) is 24.3 Å². The van der Waals surface area contributed by atoms with Crippen molar-refractivity contribution in [3.63, 3.8) is 0 Å². The number of hydrogen-bond donors (Lipinski definition) is 1. The third-order valence-electron chi connectivity index (χ3n) is 4.74. The molecule has 3 amide bonds. The summed E-state index contributed by atoms with van der Waals surface area (Å²) in [5.41, 5.74) is 2.06. The molecule has 0 unspecified atom stereocenters. The molecule has 0 saturated carbocycles. The van der Waals surface area contributed by atoms with Gasteiger partial charge in [-0.15, -0.1) is 0 Å². The van der Waals surface area contributed by atoms with Crippen LogP contribution in [0.3, 0.4) is 0 Å². The molecule has 0 radical (unpaired) electrons. The van der Waals surface area contributed by atoms with E-state index < -0.39 is 11.7 Å². The summed E-state index contributed by atoms with van der Waals surface area (Å²) < 4.78 is 5.34. The molecule has 164 valence electrons. The third kappa shape index (κ3) is 4.54. The Morgan fingerprint density at radius 3 is 2.50 bits per heavy atom. The Balaban J connectivity index is 1.72. The molecular weight excluding hydrogens is 406 g/mol. The largest absolute Gasteiger partial charge is 0.444 e. The van der Waals surface area contributed by atoms with Gasteiger partial charge in [-0.2, -0.15) is 0 Å². The van der Waals surface area contributed by atoms with Gasteiger partial charge >= 0.3 is 12.1 Å². The Bertz CT molecular complexity index is 1160. The minimum Gasteiger partial charge on any atom is -0.444 e. The van der Waals surface area contributed by atoms with Crippen molar-refractivity contribution in [2.24, 2.45) is 0 Å². The van der Waals surface area contributed by atoms with Crippen LogP contribution < -0.4 is 15.1 Å². The Labute approximate surface area is 186 Å². The first kappa shape index (κ1) is 21.3. The first-order chi connectivity index (χ1) is 15.2. The summed E-state index contributed by atoms with van der Waals surface area (Å²) in [6.07, 6.45) is 1.18. The van der Waals surface area contributed by atoms with E-state index in [2.05, 4.69) is 15.3 Å². The molecule has 8 heteroatoms. The number of ether oxygens (including phenoxy) is 1. The first-order valence-electron chi connectivity index (χ1n) is 10.3. The van der Waals surface area contributed by atoms with Crippen LogP contribution in [0.5, 0.6) is 0 Å². The van der Waals surface area contributed by atoms with Gasteiger partial charge in [0.15, 0.2) is 0 Å². The van der Waals surface area contributed by atoms with Crippen molar-refractivity contribution >= 4 is 35.0 Å². The summed E-state index contributed by atoms with van der Waals surface area (Å²) >= 11 is 0. The van der Waals surface area contributed by atoms with Crippen LogP contribution in [0.15, 0.2) is 60.8 Å². The number of aromatic nitrogens is 2. The van der Waals surface area contributed by atoms with Crippen LogP contribution in [0.4, 0.5) is 32.5 Å². The second-order valence-corrected chi connectivity index (χ2v) is 8.48. The highest BCUT2D eigenvalue weighted by Crippen LogP contribution is 2.36. The second-order valence-electron chi connectivity index (χ2n) is 8.48. The van der Waals surface area contributed by atoms with E-state index in [0.717, 1.165) is 11.3 Å². The lowest BCUT2D eigenvalue weighted by Crippen LogP contribution is -2.45. The number of aryl methyl sites for hydroxylation is 1. The van der Waals surface area contributed by atoms with E-state index in [-0.39, 0.29) is 6.03 Å². The van der Waals surface area contributed by atoms with Gasteiger partial charge in [0, 0.05) is 23.1 Å². The summed E-state index contributed by atoms with van der Waals surface area (Å²) in [4.78, 5) is 37.9. The number of benzene rings is 2. The quantitative estimate of drug-likeness (QED) is 0.599. The second kappa shape index (κ2) is 8.30. The Morgan fingerprint density at radius 1 is 1.06 bits per heavy atom. The predicted molar refractivity (Wildman–Crippen MR) is 123 cm³/mol. The fraction of sp³-hybridized carbons (Fsp3) is 0.250. The van der Waals surface area contributed by atoms with Crippen molar-refractivity contribution in [3.8, 4) is 0 Å². The van der Waals surface area contributed by atoms with E-state index in [1.165, 1.54) is 0 Å². The smallest absolute Gasteiger partial charge is 0.412 e. The number of urea groups is 1. The topological polar surface area (TPSA) is 87.7 Å². The van der Waals surface area contributed by atoms with Crippen molar-refractivity contribution in [1.82, 2.24) is 9.97 Å². The Kier molecular flexibility index (Phi) is 5.52. The lowest BCUT2D eigenvalue weighted by Gasteiger charge is -2.36. The van der Waals surface area contributed by atoms with Crippen LogP contribution in [-0.2, 0) is 11.3 Å². The molecule has 1 aromatic heterocycles. The van der Waals surface area contributed by atoms with Crippen LogP contribution in [0.2, 0.25) is 0 Å². The number of hydrogen-bond acceptors (Lipinski definition) is 5. The molecule has 0 saturated heterocycles. The number of nitrogens with one attached hydrogen (secondary N) is 1. The van der Waals surface area contributed by atoms with Crippen molar-refractivity contribution < 1.29 is 14.3 Å². The number of carbonyl (C=O) groups is 2. The molecule has 0 bridgehead atoms. The predicted octanol–water partition coefficient (Wildman–Crippen LogP) is 5.41. The van der Waals surface area contributed by atoms with Crippen LogP contribution in [0.25, 0.3) is 0 Å². The Hall–Kier alpha value is -3.94. The number of fused-ring (bicyclic) bond motifs is 1. The number of anilines is 4. The van der Waals surface area contributed by atoms with Gasteiger partial charge < -0.3 is 4.74 Å². The summed E-state index contributed by atoms with van der Waals surface area (Å²) in [7, 11) is 0. The molecule has 0 fully saturated rings. The zero-order valence-electron chi connectivity index (χ0n) is 18.5. The molecule has 2 heterocycles. The van der Waals surface area contributed by atoms with Crippen LogP contribution >= 0.6 is 0 Å². The van der Waals surface area contributed by atoms with Crippen molar-refractivity contribution in [1.29, 1.82) is 0 Å². The van der Waals surface area contributed by atoms with E-state index in [0.29, 0.717) is 29.6 Å². The average molecular weight is 431 g/mol. The highest BCUT2D eigenvalue weighted by molar-refractivity contribution is 6.10. The lowest BCUT2D eigenvalue weighted by molar-refractivity contribution is 0.0636. The van der Waals surface area contributed by atoms with Gasteiger partial charge in [-0.05, 0) is 58.0 Å². The number of amides is 3. The van der Waals surface area contributed by atoms with Crippen LogP contribution in [0, 0.1) is 6.92 Å². The van der Waals surface area contributed by atoms with Gasteiger partial charge in [0.05, 0.1) is 12.2 Å². The summed E-state index contributed by atoms with van der Waals surface area (Å²) in [6.45, 7) is 7.55. The van der Waals surface area contributed by atoms with Crippen LogP contribution in [0.1, 0.15) is 32.2 Å². The van der Waals surface area contributed by atoms with Gasteiger partial charge in [0.25, 0.3) is 0 Å². The maximum atomic E-state index is 13.6. The van der Waals surface area contributed by atoms with Crippen molar-refractivity contribution in [2.75, 3.05) is 15.1 Å². The Morgan fingerprint density at radius 2 is 1.78 bits per heavy atom. The maximum absolute atomic E-state index is 13.6. The molecule has 4 rings (SSSR count). The highest BCUT2D eigenvalue weighted by atomic mass is 16.6. The van der Waals surface area contributed by atoms with E-state index in [1.807, 2.05) is 30.3 Å². The minimum absolute atomic E-state index is 0.240. The van der Waals surface area contributed by atoms with Gasteiger partial charge in [0.2, 0.25) is 0 Å². The van der Waals surface area contributed by atoms with Crippen molar-refractivity contribution in [3.05, 3.63) is 72.2 Å². The molecule has 0 aliphatic carbocycles. The molecule has 32 heavy (non-hydrogen) atoms. The van der Waals surface area contributed by atoms with Crippen LogP contribution in [-0.4, -0.2) is 27.7 Å². The summed E-state index contributed by atoms with van der Waals surface area (Å²) in [5.74, 6) is 1.10. The number of nitrogens with zero attached hydrogens (tertiary/aromatic N) is 4. The molecule has 1 aliphatic heterocycles. The zero-order valence-corrected chi connectivity index (χ0v) is 18.5. The molecule has 8 nitrogen and oxygen atoms in total. The fourth-order valence-electron chi connectivity index (χ4n) is 3.42. The SMILES string of the molecule is Cc1ncc2c(n1)N(c1cccc(NC(=O)OC(C)(C)C)c1)C(=O)N(c1ccccc1)C2. The summed E-state index contributed by atoms with van der Waals surface area (Å²) in [5, 5.41) is 2.73. The molecular formula is C24H25N5O3. The fourth-order valence-corrected chi connectivity index (χ4v) is 3.42. The minimum atomic E-state index is -0.617. The summed E-state index contributed by atoms with van der Waals surface area (Å²) in [6, 6.07) is 16.2. The number of para-hydroxylation sites is 1. The molecule has 2 aromatic carbocycles. The van der Waals surface area contributed by atoms with E-state index in [9.17, 15) is 9.59 Å². The molecule has 1 aliphatic rings. The highest BCUT2D eigenvalue weighted by Gasteiger charge is 2.34. The third-order valence-corrected chi connectivity index (χ3v) is 4.74. The normalized spacial score (nSPS) is 13.6. The van der Waals surface area contributed by atoms with Crippen molar-refractivity contribution in [2.45, 2.75) is 39.8 Å². The lowest BCUT2D eigenvalue weighted by atomic mass is 10.1. The number of rotatable bonds is 3. The molecule has 0 spiro atoms. The molecule has 3 aromatic rings. The average Bonchev–Trinajstić information content (AvgIpc) is 2.72. The maximum Gasteiger partial charge on any atom is 0.412 e. The van der Waals surface area contributed by atoms with E-state index in [1.54, 1.807) is 68.0 Å². The van der Waals surface area contributed by atoms with Gasteiger partial charge in [-0.25, -0.2) is 24.5 Å².